The zero-order valence-corrected chi connectivity index (χ0v) is 17.9. The highest BCUT2D eigenvalue weighted by atomic mass is 35.5. The molecular weight excluding hydrogens is 454 g/mol. The van der Waals surface area contributed by atoms with Crippen LogP contribution in [0.4, 0.5) is 14.5 Å². The van der Waals surface area contributed by atoms with Crippen molar-refractivity contribution in [3.63, 3.8) is 0 Å². The molecule has 0 aliphatic carbocycles. The predicted octanol–water partition coefficient (Wildman–Crippen LogP) is 3.14. The summed E-state index contributed by atoms with van der Waals surface area (Å²) in [5, 5.41) is 6.85. The number of benzene rings is 2. The van der Waals surface area contributed by atoms with E-state index in [0.717, 1.165) is 18.4 Å². The summed E-state index contributed by atoms with van der Waals surface area (Å²) < 4.78 is 57.0. The number of hydrogen-bond acceptors (Lipinski definition) is 6. The van der Waals surface area contributed by atoms with Crippen LogP contribution in [0.15, 0.2) is 47.0 Å². The third-order valence-corrected chi connectivity index (χ3v) is 5.72. The van der Waals surface area contributed by atoms with Gasteiger partial charge in [0, 0.05) is 16.7 Å². The van der Waals surface area contributed by atoms with E-state index in [1.807, 2.05) is 0 Å². The standard InChI is InChI=1S/C19H17ClF2N4O4S/c1-11(26(31(2,28)29)14-7-8-15(21)16(22)9-14)19(27)23-10-17-24-18(25-30-17)12-3-5-13(20)6-4-12/h3-9,11H,10H2,1-2H3,(H,23,27). The molecule has 164 valence electrons. The second-order valence-corrected chi connectivity index (χ2v) is 8.87. The van der Waals surface area contributed by atoms with Gasteiger partial charge in [-0.2, -0.15) is 4.98 Å². The van der Waals surface area contributed by atoms with Gasteiger partial charge < -0.3 is 9.84 Å². The van der Waals surface area contributed by atoms with Crippen LogP contribution in [0.1, 0.15) is 12.8 Å². The van der Waals surface area contributed by atoms with Gasteiger partial charge in [-0.25, -0.2) is 17.2 Å². The van der Waals surface area contributed by atoms with E-state index in [9.17, 15) is 22.0 Å². The molecule has 12 heteroatoms. The van der Waals surface area contributed by atoms with Crippen LogP contribution in [-0.2, 0) is 21.4 Å². The summed E-state index contributed by atoms with van der Waals surface area (Å²) in [6, 6.07) is 8.01. The number of amides is 1. The maximum absolute atomic E-state index is 13.6. The van der Waals surface area contributed by atoms with Gasteiger partial charge in [0.05, 0.1) is 18.5 Å². The minimum atomic E-state index is -3.99. The summed E-state index contributed by atoms with van der Waals surface area (Å²) in [6.07, 6.45) is 0.856. The molecule has 0 saturated heterocycles. The molecule has 0 fully saturated rings. The van der Waals surface area contributed by atoms with Crippen molar-refractivity contribution in [1.29, 1.82) is 0 Å². The van der Waals surface area contributed by atoms with E-state index in [-0.39, 0.29) is 23.9 Å². The van der Waals surface area contributed by atoms with Crippen LogP contribution >= 0.6 is 11.6 Å². The number of aromatic nitrogens is 2. The molecule has 0 saturated carbocycles. The molecule has 1 amide bonds. The van der Waals surface area contributed by atoms with Crippen molar-refractivity contribution in [3.05, 3.63) is 65.0 Å². The first-order valence-electron chi connectivity index (χ1n) is 8.87. The fraction of sp³-hybridized carbons (Fsp3) is 0.211. The number of sulfonamides is 1. The monoisotopic (exact) mass is 470 g/mol. The lowest BCUT2D eigenvalue weighted by molar-refractivity contribution is -0.122. The van der Waals surface area contributed by atoms with Crippen LogP contribution in [0.5, 0.6) is 0 Å². The minimum Gasteiger partial charge on any atom is -0.345 e. The van der Waals surface area contributed by atoms with Crippen molar-refractivity contribution < 1.29 is 26.5 Å². The second-order valence-electron chi connectivity index (χ2n) is 6.57. The summed E-state index contributed by atoms with van der Waals surface area (Å²) in [7, 11) is -3.99. The third-order valence-electron chi connectivity index (χ3n) is 4.23. The zero-order chi connectivity index (χ0) is 22.8. The fourth-order valence-electron chi connectivity index (χ4n) is 2.78. The van der Waals surface area contributed by atoms with Gasteiger partial charge in [-0.3, -0.25) is 9.10 Å². The molecule has 0 aliphatic rings. The number of carbonyl (C=O) groups is 1. The Hall–Kier alpha value is -3.05. The predicted molar refractivity (Wildman–Crippen MR) is 110 cm³/mol. The molecule has 31 heavy (non-hydrogen) atoms. The lowest BCUT2D eigenvalue weighted by Crippen LogP contribution is -2.47. The molecule has 3 aromatic rings. The molecule has 0 bridgehead atoms. The maximum Gasteiger partial charge on any atom is 0.246 e. The first-order chi connectivity index (χ1) is 14.6. The highest BCUT2D eigenvalue weighted by Crippen LogP contribution is 2.23. The number of halogens is 3. The van der Waals surface area contributed by atoms with E-state index in [1.54, 1.807) is 24.3 Å². The van der Waals surface area contributed by atoms with E-state index < -0.39 is 33.6 Å². The van der Waals surface area contributed by atoms with Crippen molar-refractivity contribution in [2.24, 2.45) is 0 Å². The summed E-state index contributed by atoms with van der Waals surface area (Å²) in [4.78, 5) is 16.7. The average molecular weight is 471 g/mol. The van der Waals surface area contributed by atoms with Crippen LogP contribution in [0.3, 0.4) is 0 Å². The molecule has 3 rings (SSSR count). The van der Waals surface area contributed by atoms with Crippen LogP contribution in [0, 0.1) is 11.6 Å². The number of rotatable bonds is 7. The smallest absolute Gasteiger partial charge is 0.246 e. The summed E-state index contributed by atoms with van der Waals surface area (Å²) in [5.41, 5.74) is 0.465. The van der Waals surface area contributed by atoms with Crippen molar-refractivity contribution >= 4 is 33.2 Å². The highest BCUT2D eigenvalue weighted by molar-refractivity contribution is 7.92. The quantitative estimate of drug-likeness (QED) is 0.568. The number of anilines is 1. The minimum absolute atomic E-state index is 0.0873. The summed E-state index contributed by atoms with van der Waals surface area (Å²) in [6.45, 7) is 1.14. The van der Waals surface area contributed by atoms with Crippen molar-refractivity contribution in [3.8, 4) is 11.4 Å². The molecule has 1 unspecified atom stereocenters. The van der Waals surface area contributed by atoms with Gasteiger partial charge in [-0.05, 0) is 43.3 Å². The van der Waals surface area contributed by atoms with Crippen molar-refractivity contribution in [2.75, 3.05) is 10.6 Å². The van der Waals surface area contributed by atoms with Crippen molar-refractivity contribution in [2.45, 2.75) is 19.5 Å². The van der Waals surface area contributed by atoms with Crippen molar-refractivity contribution in [1.82, 2.24) is 15.5 Å². The van der Waals surface area contributed by atoms with Crippen LogP contribution in [-0.4, -0.2) is 36.8 Å². The first-order valence-corrected chi connectivity index (χ1v) is 11.1. The topological polar surface area (TPSA) is 105 Å². The zero-order valence-electron chi connectivity index (χ0n) is 16.3. The normalized spacial score (nSPS) is 12.4. The van der Waals surface area contributed by atoms with Gasteiger partial charge in [0.1, 0.15) is 6.04 Å². The van der Waals surface area contributed by atoms with Crippen LogP contribution in [0.2, 0.25) is 5.02 Å². The second kappa shape index (κ2) is 8.98. The van der Waals surface area contributed by atoms with E-state index >= 15 is 0 Å². The van der Waals surface area contributed by atoms with Gasteiger partial charge in [-0.15, -0.1) is 0 Å². The molecule has 1 atom stereocenters. The summed E-state index contributed by atoms with van der Waals surface area (Å²) >= 11 is 5.84. The largest absolute Gasteiger partial charge is 0.345 e. The van der Waals surface area contributed by atoms with E-state index in [2.05, 4.69) is 15.5 Å². The molecule has 0 aliphatic heterocycles. The van der Waals surface area contributed by atoms with Gasteiger partial charge >= 0.3 is 0 Å². The Balaban J connectivity index is 1.72. The molecule has 1 N–H and O–H groups in total. The van der Waals surface area contributed by atoms with Gasteiger partial charge in [0.25, 0.3) is 0 Å². The SMILES string of the molecule is CC(C(=O)NCc1nc(-c2ccc(Cl)cc2)no1)N(c1ccc(F)c(F)c1)S(C)(=O)=O. The Labute approximate surface area is 181 Å². The Kier molecular flexibility index (Phi) is 6.56. The number of nitrogens with zero attached hydrogens (tertiary/aromatic N) is 3. The molecule has 0 radical (unpaired) electrons. The van der Waals surface area contributed by atoms with Crippen LogP contribution in [0.25, 0.3) is 11.4 Å². The molecule has 2 aromatic carbocycles. The number of carbonyl (C=O) groups excluding carboxylic acids is 1. The lowest BCUT2D eigenvalue weighted by Gasteiger charge is -2.28. The van der Waals surface area contributed by atoms with Gasteiger partial charge in [-0.1, -0.05) is 16.8 Å². The Bertz CT molecular complexity index is 1200. The maximum atomic E-state index is 13.6. The molecule has 0 spiro atoms. The fourth-order valence-corrected chi connectivity index (χ4v) is 4.08. The Morgan fingerprint density at radius 3 is 2.48 bits per heavy atom. The molecular formula is C19H17ClF2N4O4S. The number of nitrogens with one attached hydrogen (secondary N) is 1. The van der Waals surface area contributed by atoms with E-state index in [0.29, 0.717) is 21.0 Å². The summed E-state index contributed by atoms with van der Waals surface area (Å²) in [5.74, 6) is -2.71. The Morgan fingerprint density at radius 2 is 1.87 bits per heavy atom. The highest BCUT2D eigenvalue weighted by Gasteiger charge is 2.30. The first kappa shape index (κ1) is 22.6. The number of hydrogen-bond donors (Lipinski definition) is 1. The molecule has 8 nitrogen and oxygen atoms in total. The van der Waals surface area contributed by atoms with E-state index in [4.69, 9.17) is 16.1 Å². The lowest BCUT2D eigenvalue weighted by atomic mass is 10.2. The molecule has 1 heterocycles. The van der Waals surface area contributed by atoms with E-state index in [1.165, 1.54) is 6.92 Å². The van der Waals surface area contributed by atoms with Gasteiger partial charge in [0.2, 0.25) is 27.6 Å². The van der Waals surface area contributed by atoms with Crippen LogP contribution < -0.4 is 9.62 Å². The average Bonchev–Trinajstić information content (AvgIpc) is 3.17. The Morgan fingerprint density at radius 1 is 1.19 bits per heavy atom. The third kappa shape index (κ3) is 5.36. The molecule has 1 aromatic heterocycles. The van der Waals surface area contributed by atoms with Gasteiger partial charge in [0.15, 0.2) is 11.6 Å².